The van der Waals surface area contributed by atoms with Gasteiger partial charge in [0.15, 0.2) is 0 Å². The van der Waals surface area contributed by atoms with Gasteiger partial charge in [-0.2, -0.15) is 0 Å². The number of nitrogens with zero attached hydrogens (tertiary/aromatic N) is 1. The summed E-state index contributed by atoms with van der Waals surface area (Å²) in [5.41, 5.74) is 1.45. The smallest absolute Gasteiger partial charge is 0.117 e. The third kappa shape index (κ3) is 3.38. The number of hydrogen-bond donors (Lipinski definition) is 1. The van der Waals surface area contributed by atoms with Gasteiger partial charge in [-0.05, 0) is 37.8 Å². The summed E-state index contributed by atoms with van der Waals surface area (Å²) in [5, 5.41) is 2.56. The third-order valence-electron chi connectivity index (χ3n) is 3.86. The van der Waals surface area contributed by atoms with Crippen LogP contribution >= 0.6 is 0 Å². The maximum absolute atomic E-state index is 2.56. The monoisotopic (exact) mass is 221 g/mol. The normalized spacial score (nSPS) is 19.3. The molecule has 0 unspecified atom stereocenters. The molecule has 16 heavy (non-hydrogen) atoms. The van der Waals surface area contributed by atoms with Crippen molar-refractivity contribution in [2.75, 3.05) is 0 Å². The Balaban J connectivity index is 1.77. The predicted molar refractivity (Wildman–Crippen MR) is 67.1 cm³/mol. The second kappa shape index (κ2) is 6.09. The molecular weight excluding hydrogens is 196 g/mol. The molecule has 2 N–H and O–H groups in total. The van der Waals surface area contributed by atoms with Crippen LogP contribution in [0.2, 0.25) is 0 Å². The summed E-state index contributed by atoms with van der Waals surface area (Å²) in [6.07, 6.45) is 12.2. The molecule has 1 aromatic rings. The molecule has 2 nitrogen and oxygen atoms in total. The SMILES string of the molecule is Cn1cccc1C[NH2+]C1CCCCCCC1. The van der Waals surface area contributed by atoms with Gasteiger partial charge in [-0.1, -0.05) is 19.3 Å². The predicted octanol–water partition coefficient (Wildman–Crippen LogP) is 2.20. The van der Waals surface area contributed by atoms with E-state index in [-0.39, 0.29) is 0 Å². The van der Waals surface area contributed by atoms with Crippen LogP contribution in [0.5, 0.6) is 0 Å². The van der Waals surface area contributed by atoms with Gasteiger partial charge in [-0.3, -0.25) is 0 Å². The van der Waals surface area contributed by atoms with Gasteiger partial charge in [0.25, 0.3) is 0 Å². The third-order valence-corrected chi connectivity index (χ3v) is 3.86. The molecule has 0 aliphatic heterocycles. The Labute approximate surface area is 99.0 Å². The molecule has 1 heterocycles. The van der Waals surface area contributed by atoms with Crippen LogP contribution < -0.4 is 5.32 Å². The molecule has 1 saturated carbocycles. The summed E-state index contributed by atoms with van der Waals surface area (Å²) in [5.74, 6) is 0. The van der Waals surface area contributed by atoms with Crippen molar-refractivity contribution in [3.8, 4) is 0 Å². The van der Waals surface area contributed by atoms with Crippen molar-refractivity contribution < 1.29 is 5.32 Å². The van der Waals surface area contributed by atoms with Crippen LogP contribution in [-0.4, -0.2) is 10.6 Å². The van der Waals surface area contributed by atoms with Crippen molar-refractivity contribution >= 4 is 0 Å². The summed E-state index contributed by atoms with van der Waals surface area (Å²) in [6.45, 7) is 1.15. The molecule has 1 fully saturated rings. The van der Waals surface area contributed by atoms with E-state index in [1.165, 1.54) is 50.6 Å². The van der Waals surface area contributed by atoms with Crippen LogP contribution in [0.15, 0.2) is 18.3 Å². The molecule has 90 valence electrons. The molecule has 2 heteroatoms. The lowest BCUT2D eigenvalue weighted by Crippen LogP contribution is -2.88. The van der Waals surface area contributed by atoms with Gasteiger partial charge >= 0.3 is 0 Å². The maximum Gasteiger partial charge on any atom is 0.117 e. The van der Waals surface area contributed by atoms with E-state index < -0.39 is 0 Å². The number of rotatable bonds is 3. The van der Waals surface area contributed by atoms with Crippen LogP contribution in [0.3, 0.4) is 0 Å². The van der Waals surface area contributed by atoms with Gasteiger partial charge in [0.05, 0.1) is 11.7 Å². The van der Waals surface area contributed by atoms with Crippen molar-refractivity contribution in [2.45, 2.75) is 57.5 Å². The van der Waals surface area contributed by atoms with Crippen LogP contribution in [0.4, 0.5) is 0 Å². The van der Waals surface area contributed by atoms with Gasteiger partial charge in [0, 0.05) is 13.2 Å². The highest BCUT2D eigenvalue weighted by atomic mass is 15.0. The van der Waals surface area contributed by atoms with E-state index in [9.17, 15) is 0 Å². The Hall–Kier alpha value is -0.760. The second-order valence-corrected chi connectivity index (χ2v) is 5.16. The van der Waals surface area contributed by atoms with Gasteiger partial charge in [0.2, 0.25) is 0 Å². The lowest BCUT2D eigenvalue weighted by molar-refractivity contribution is -0.706. The Bertz CT molecular complexity index is 295. The molecular formula is C14H25N2+. The summed E-state index contributed by atoms with van der Waals surface area (Å²) in [7, 11) is 2.14. The van der Waals surface area contributed by atoms with Crippen molar-refractivity contribution in [3.63, 3.8) is 0 Å². The quantitative estimate of drug-likeness (QED) is 0.808. The molecule has 0 amide bonds. The van der Waals surface area contributed by atoms with Crippen LogP contribution in [0.25, 0.3) is 0 Å². The van der Waals surface area contributed by atoms with Crippen LogP contribution in [0.1, 0.15) is 50.6 Å². The largest absolute Gasteiger partial charge is 0.350 e. The van der Waals surface area contributed by atoms with Crippen molar-refractivity contribution in [1.82, 2.24) is 4.57 Å². The van der Waals surface area contributed by atoms with Crippen LogP contribution in [0, 0.1) is 0 Å². The molecule has 0 spiro atoms. The molecule has 1 aliphatic carbocycles. The van der Waals surface area contributed by atoms with Crippen molar-refractivity contribution in [1.29, 1.82) is 0 Å². The zero-order valence-corrected chi connectivity index (χ0v) is 10.5. The van der Waals surface area contributed by atoms with E-state index in [1.54, 1.807) is 0 Å². The maximum atomic E-state index is 2.56. The lowest BCUT2D eigenvalue weighted by atomic mass is 9.97. The van der Waals surface area contributed by atoms with Crippen molar-refractivity contribution in [3.05, 3.63) is 24.0 Å². The highest BCUT2D eigenvalue weighted by Gasteiger charge is 2.14. The summed E-state index contributed by atoms with van der Waals surface area (Å²) < 4.78 is 2.24. The topological polar surface area (TPSA) is 21.5 Å². The fourth-order valence-electron chi connectivity index (χ4n) is 2.72. The minimum atomic E-state index is 0.871. The lowest BCUT2D eigenvalue weighted by Gasteiger charge is -2.18. The van der Waals surface area contributed by atoms with E-state index in [0.29, 0.717) is 0 Å². The molecule has 0 aromatic carbocycles. The van der Waals surface area contributed by atoms with Crippen LogP contribution in [-0.2, 0) is 13.6 Å². The van der Waals surface area contributed by atoms with Gasteiger partial charge in [-0.25, -0.2) is 0 Å². The fourth-order valence-corrected chi connectivity index (χ4v) is 2.72. The molecule has 2 rings (SSSR count). The first-order valence-corrected chi connectivity index (χ1v) is 6.80. The first kappa shape index (κ1) is 11.7. The van der Waals surface area contributed by atoms with Gasteiger partial charge in [0.1, 0.15) is 6.54 Å². The van der Waals surface area contributed by atoms with Gasteiger partial charge < -0.3 is 9.88 Å². The highest BCUT2D eigenvalue weighted by Crippen LogP contribution is 2.15. The minimum Gasteiger partial charge on any atom is -0.350 e. The summed E-state index contributed by atoms with van der Waals surface area (Å²) in [4.78, 5) is 0. The van der Waals surface area contributed by atoms with E-state index in [2.05, 4.69) is 35.3 Å². The zero-order chi connectivity index (χ0) is 11.2. The Morgan fingerprint density at radius 2 is 1.88 bits per heavy atom. The Morgan fingerprint density at radius 1 is 1.19 bits per heavy atom. The first-order chi connectivity index (χ1) is 7.86. The zero-order valence-electron chi connectivity index (χ0n) is 10.5. The molecule has 1 aliphatic rings. The van der Waals surface area contributed by atoms with E-state index in [0.717, 1.165) is 12.6 Å². The number of hydrogen-bond acceptors (Lipinski definition) is 0. The average molecular weight is 221 g/mol. The molecule has 0 saturated heterocycles. The van der Waals surface area contributed by atoms with E-state index in [1.807, 2.05) is 0 Å². The Kier molecular flexibility index (Phi) is 4.46. The fraction of sp³-hybridized carbons (Fsp3) is 0.714. The second-order valence-electron chi connectivity index (χ2n) is 5.16. The molecule has 0 radical (unpaired) electrons. The van der Waals surface area contributed by atoms with Crippen molar-refractivity contribution in [2.24, 2.45) is 7.05 Å². The van der Waals surface area contributed by atoms with E-state index >= 15 is 0 Å². The minimum absolute atomic E-state index is 0.871. The first-order valence-electron chi connectivity index (χ1n) is 6.80. The molecule has 1 aromatic heterocycles. The Morgan fingerprint density at radius 3 is 2.50 bits per heavy atom. The number of nitrogens with two attached hydrogens (primary N) is 1. The molecule has 0 atom stereocenters. The standard InChI is InChI=1S/C14H24N2/c1-16-11-7-10-14(16)12-15-13-8-5-3-2-4-6-9-13/h7,10-11,13,15H,2-6,8-9,12H2,1H3/p+1. The number of aromatic nitrogens is 1. The van der Waals surface area contributed by atoms with E-state index in [4.69, 9.17) is 0 Å². The van der Waals surface area contributed by atoms with Gasteiger partial charge in [-0.15, -0.1) is 0 Å². The average Bonchev–Trinajstić information content (AvgIpc) is 2.63. The number of quaternary nitrogens is 1. The molecule has 0 bridgehead atoms. The highest BCUT2D eigenvalue weighted by molar-refractivity contribution is 5.04. The summed E-state index contributed by atoms with van der Waals surface area (Å²) in [6, 6.07) is 5.25. The summed E-state index contributed by atoms with van der Waals surface area (Å²) >= 11 is 0. The number of aryl methyl sites for hydroxylation is 1.